The van der Waals surface area contributed by atoms with Gasteiger partial charge in [-0.2, -0.15) is 9.61 Å². The number of pyridine rings is 1. The Morgan fingerprint density at radius 3 is 2.76 bits per heavy atom. The molecule has 1 unspecified atom stereocenters. The third kappa shape index (κ3) is 5.36. The molecule has 7 heteroatoms. The lowest BCUT2D eigenvalue weighted by Crippen LogP contribution is -2.34. The Bertz CT molecular complexity index is 1470. The lowest BCUT2D eigenvalue weighted by atomic mass is 9.94. The van der Waals surface area contributed by atoms with Crippen molar-refractivity contribution < 1.29 is 0 Å². The number of benzene rings is 1. The van der Waals surface area contributed by atoms with E-state index >= 15 is 0 Å². The van der Waals surface area contributed by atoms with E-state index in [-0.39, 0.29) is 0 Å². The predicted octanol–water partition coefficient (Wildman–Crippen LogP) is 6.15. The first kappa shape index (κ1) is 23.7. The minimum Gasteiger partial charge on any atom is -0.366 e. The van der Waals surface area contributed by atoms with Gasteiger partial charge in [-0.15, -0.1) is 0 Å². The van der Waals surface area contributed by atoms with Gasteiger partial charge in [-0.25, -0.2) is 4.98 Å². The van der Waals surface area contributed by atoms with Crippen LogP contribution < -0.4 is 5.32 Å². The summed E-state index contributed by atoms with van der Waals surface area (Å²) in [6, 6.07) is 27.0. The van der Waals surface area contributed by atoms with E-state index in [0.29, 0.717) is 12.5 Å². The lowest BCUT2D eigenvalue weighted by Gasteiger charge is -2.32. The van der Waals surface area contributed by atoms with Gasteiger partial charge in [0, 0.05) is 44.0 Å². The maximum atomic E-state index is 5.03. The molecule has 184 valence electrons. The van der Waals surface area contributed by atoms with Crippen molar-refractivity contribution in [1.82, 2.24) is 24.5 Å². The van der Waals surface area contributed by atoms with E-state index in [9.17, 15) is 0 Å². The number of nitrogens with zero attached hydrogens (tertiary/aromatic N) is 5. The Balaban J connectivity index is 1.18. The zero-order chi connectivity index (χ0) is 25.0. The monoisotopic (exact) mass is 550 g/mol. The molecule has 1 atom stereocenters. The molecule has 1 aliphatic rings. The van der Waals surface area contributed by atoms with E-state index in [4.69, 9.17) is 4.98 Å². The summed E-state index contributed by atoms with van der Waals surface area (Å²) in [6.45, 7) is 3.71. The Kier molecular flexibility index (Phi) is 6.85. The van der Waals surface area contributed by atoms with E-state index in [1.807, 2.05) is 35.1 Å². The fourth-order valence-corrected chi connectivity index (χ4v) is 5.36. The van der Waals surface area contributed by atoms with Crippen molar-refractivity contribution in [3.63, 3.8) is 0 Å². The highest BCUT2D eigenvalue weighted by molar-refractivity contribution is 9.10. The van der Waals surface area contributed by atoms with Crippen LogP contribution in [0.3, 0.4) is 0 Å². The van der Waals surface area contributed by atoms with E-state index in [0.717, 1.165) is 59.7 Å². The topological polar surface area (TPSA) is 58.4 Å². The van der Waals surface area contributed by atoms with Crippen molar-refractivity contribution in [2.24, 2.45) is 0 Å². The molecule has 0 amide bonds. The first-order valence-electron chi connectivity index (χ1n) is 12.6. The smallest absolute Gasteiger partial charge is 0.171 e. The third-order valence-corrected chi connectivity index (χ3v) is 7.48. The number of hydrogen-bond donors (Lipinski definition) is 1. The van der Waals surface area contributed by atoms with Gasteiger partial charge in [0.1, 0.15) is 5.82 Å². The van der Waals surface area contributed by atoms with Crippen LogP contribution in [0.15, 0.2) is 83.7 Å². The molecule has 6 rings (SSSR count). The summed E-state index contributed by atoms with van der Waals surface area (Å²) in [5.74, 6) is 1.31. The molecule has 37 heavy (non-hydrogen) atoms. The molecule has 0 bridgehead atoms. The number of hydrogen-bond acceptors (Lipinski definition) is 5. The van der Waals surface area contributed by atoms with Gasteiger partial charge in [0.2, 0.25) is 0 Å². The molecule has 0 radical (unpaired) electrons. The summed E-state index contributed by atoms with van der Waals surface area (Å²) < 4.78 is 2.77. The molecule has 1 fully saturated rings. The Labute approximate surface area is 225 Å². The van der Waals surface area contributed by atoms with Crippen LogP contribution in [-0.2, 0) is 13.1 Å². The zero-order valence-corrected chi connectivity index (χ0v) is 22.0. The second-order valence-electron chi connectivity index (χ2n) is 9.50. The van der Waals surface area contributed by atoms with Crippen LogP contribution in [0.2, 0.25) is 0 Å². The highest BCUT2D eigenvalue weighted by atomic mass is 79.9. The standard InChI is InChI=1S/C30H27BrN6/c31-27-19-34-37-29(33-18-23-6-4-14-32-17-23)16-28(35-30(27)37)26-9-5-15-36(21-26)20-22-10-12-25(13-11-22)24-7-2-1-3-8-24/h2,4,6-8,10-14,16-17,19,26,33H,5,9,15,18,20-21H2. The number of anilines is 1. The van der Waals surface area contributed by atoms with Crippen molar-refractivity contribution in [3.05, 3.63) is 113 Å². The third-order valence-electron chi connectivity index (χ3n) is 6.92. The minimum absolute atomic E-state index is 0.370. The van der Waals surface area contributed by atoms with Crippen LogP contribution >= 0.6 is 15.9 Å². The van der Waals surface area contributed by atoms with Gasteiger partial charge < -0.3 is 5.32 Å². The van der Waals surface area contributed by atoms with Gasteiger partial charge in [0.05, 0.1) is 16.4 Å². The molecular formula is C30H27BrN6. The molecule has 5 aromatic rings. The number of rotatable bonds is 7. The fourth-order valence-electron chi connectivity index (χ4n) is 5.01. The quantitative estimate of drug-likeness (QED) is 0.263. The molecule has 1 aliphatic heterocycles. The molecule has 0 saturated carbocycles. The Morgan fingerprint density at radius 2 is 1.95 bits per heavy atom. The van der Waals surface area contributed by atoms with Gasteiger partial charge >= 0.3 is 0 Å². The van der Waals surface area contributed by atoms with Crippen LogP contribution in [0.5, 0.6) is 0 Å². The maximum Gasteiger partial charge on any atom is 0.171 e. The summed E-state index contributed by atoms with van der Waals surface area (Å²) in [7, 11) is 0. The molecular weight excluding hydrogens is 524 g/mol. The first-order valence-corrected chi connectivity index (χ1v) is 13.4. The lowest BCUT2D eigenvalue weighted by molar-refractivity contribution is 0.198. The van der Waals surface area contributed by atoms with Crippen LogP contribution in [0.4, 0.5) is 5.82 Å². The van der Waals surface area contributed by atoms with Gasteiger partial charge in [0.25, 0.3) is 0 Å². The molecule has 0 aliphatic carbocycles. The SMILES string of the molecule is Brc1cnn2c(NCc3cccnc3)cc(C3CCCN(Cc4ccc(-c5cc#ccc5)cc4)C3)nc12. The minimum atomic E-state index is 0.370. The molecule has 1 N–H and O–H groups in total. The average molecular weight is 551 g/mol. The summed E-state index contributed by atoms with van der Waals surface area (Å²) in [6.07, 6.45) is 7.78. The van der Waals surface area contributed by atoms with E-state index in [1.165, 1.54) is 16.7 Å². The first-order chi connectivity index (χ1) is 18.2. The van der Waals surface area contributed by atoms with Gasteiger partial charge in [-0.1, -0.05) is 42.5 Å². The molecule has 4 heterocycles. The average Bonchev–Trinajstić information content (AvgIpc) is 3.34. The number of piperidine rings is 1. The summed E-state index contributed by atoms with van der Waals surface area (Å²) in [5.41, 5.74) is 6.79. The Hall–Kier alpha value is -3.73. The van der Waals surface area contributed by atoms with Crippen molar-refractivity contribution in [2.45, 2.75) is 31.8 Å². The van der Waals surface area contributed by atoms with E-state index in [1.54, 1.807) is 6.20 Å². The highest BCUT2D eigenvalue weighted by Crippen LogP contribution is 2.30. The van der Waals surface area contributed by atoms with Gasteiger partial charge in [-0.3, -0.25) is 9.88 Å². The van der Waals surface area contributed by atoms with E-state index < -0.39 is 0 Å². The molecule has 2 aromatic carbocycles. The van der Waals surface area contributed by atoms with Gasteiger partial charge in [-0.05, 0) is 81.8 Å². The second-order valence-corrected chi connectivity index (χ2v) is 10.4. The fraction of sp³-hybridized carbons (Fsp3) is 0.233. The van der Waals surface area contributed by atoms with Crippen LogP contribution in [0.1, 0.15) is 35.6 Å². The zero-order valence-electron chi connectivity index (χ0n) is 20.4. The second kappa shape index (κ2) is 10.7. The predicted molar refractivity (Wildman–Crippen MR) is 149 cm³/mol. The van der Waals surface area contributed by atoms with Crippen molar-refractivity contribution in [2.75, 3.05) is 18.4 Å². The summed E-state index contributed by atoms with van der Waals surface area (Å²) >= 11 is 3.64. The Morgan fingerprint density at radius 1 is 1.03 bits per heavy atom. The molecule has 6 nitrogen and oxygen atoms in total. The van der Waals surface area contributed by atoms with Crippen LogP contribution in [0, 0.1) is 12.1 Å². The van der Waals surface area contributed by atoms with Crippen LogP contribution in [0.25, 0.3) is 16.8 Å². The number of likely N-dealkylation sites (tertiary alicyclic amines) is 1. The summed E-state index contributed by atoms with van der Waals surface area (Å²) in [5, 5.41) is 8.08. The molecule has 0 spiro atoms. The van der Waals surface area contributed by atoms with Gasteiger partial charge in [0.15, 0.2) is 5.65 Å². The van der Waals surface area contributed by atoms with Crippen LogP contribution in [-0.4, -0.2) is 37.6 Å². The highest BCUT2D eigenvalue weighted by Gasteiger charge is 2.24. The number of nitrogens with one attached hydrogen (secondary N) is 1. The largest absolute Gasteiger partial charge is 0.366 e. The number of aromatic nitrogens is 4. The van der Waals surface area contributed by atoms with E-state index in [2.05, 4.69) is 90.8 Å². The van der Waals surface area contributed by atoms with Crippen molar-refractivity contribution >= 4 is 27.4 Å². The maximum absolute atomic E-state index is 5.03. The summed E-state index contributed by atoms with van der Waals surface area (Å²) in [4.78, 5) is 11.8. The number of fused-ring (bicyclic) bond motifs is 1. The van der Waals surface area contributed by atoms with Crippen molar-refractivity contribution in [3.8, 4) is 11.1 Å². The molecule has 1 saturated heterocycles. The molecule has 3 aromatic heterocycles. The number of halogens is 1. The van der Waals surface area contributed by atoms with Crippen molar-refractivity contribution in [1.29, 1.82) is 0 Å². The normalized spacial score (nSPS) is 16.0.